The minimum atomic E-state index is -1.15. The quantitative estimate of drug-likeness (QED) is 0.0201. The summed E-state index contributed by atoms with van der Waals surface area (Å²) in [5.74, 6) is -3.13. The molecule has 4 atom stereocenters. The van der Waals surface area contributed by atoms with Crippen LogP contribution in [0.25, 0.3) is 0 Å². The number of thioether (sulfide) groups is 1. The molecule has 0 spiro atoms. The highest BCUT2D eigenvalue weighted by Crippen LogP contribution is 2.33. The zero-order valence-corrected chi connectivity index (χ0v) is 78.4. The second-order valence-electron chi connectivity index (χ2n) is 32.7. The number of carbonyl (C=O) groups is 13. The number of fused-ring (bicyclic) bond motifs is 1. The van der Waals surface area contributed by atoms with Crippen molar-refractivity contribution in [1.82, 2.24) is 65.4 Å². The lowest BCUT2D eigenvalue weighted by molar-refractivity contribution is -0.148. The van der Waals surface area contributed by atoms with Gasteiger partial charge in [0.05, 0.1) is 114 Å². The van der Waals surface area contributed by atoms with Gasteiger partial charge in [-0.25, -0.2) is 4.79 Å². The van der Waals surface area contributed by atoms with Gasteiger partial charge in [0.1, 0.15) is 40.5 Å². The van der Waals surface area contributed by atoms with Crippen molar-refractivity contribution in [2.45, 2.75) is 114 Å². The van der Waals surface area contributed by atoms with Gasteiger partial charge in [-0.2, -0.15) is 11.8 Å². The summed E-state index contributed by atoms with van der Waals surface area (Å²) >= 11 is 1.82. The van der Waals surface area contributed by atoms with Crippen LogP contribution in [-0.2, 0) is 96.1 Å². The number of primary amides is 1. The van der Waals surface area contributed by atoms with E-state index in [1.807, 2.05) is 48.2 Å². The molecule has 2 saturated heterocycles. The summed E-state index contributed by atoms with van der Waals surface area (Å²) in [6, 6.07) is 41.6. The number of carbonyl (C=O) groups excluding carboxylic acids is 13. The SMILES string of the molecule is COc1ccc(CCN(CC(=O)N[C@@H](CCCCNC(=O)CCCCC2SC[C@H]3NC(=O)N[C@@H]23)C(N)=O)C(=O)CN(CCc2ccc(OC)cc2)C(=O)CN(CCN)C(=O)CN(CCc2ccc(OC)cc2)C(=O)CN(CCc2ccc(OC)cc2)C(=O)CN(CCN)C(=O)CN(CCc2ccc(OC)cc2)C(=O)CN(CCc2ccc(OC)cc2)C(=O)CN(CCN)C(C)=O)cc1. The maximum absolute atomic E-state index is 15.6. The zero-order valence-electron chi connectivity index (χ0n) is 77.6. The number of nitrogens with one attached hydrogen (secondary N) is 4. The fraction of sp³-hybridized carbons (Fsp3) is 0.490. The lowest BCUT2D eigenvalue weighted by atomic mass is 10.0. The lowest BCUT2D eigenvalue weighted by Crippen LogP contribution is -2.54. The molecule has 36 nitrogen and oxygen atoms in total. The Bertz CT molecular complexity index is 4730. The Hall–Kier alpha value is -12.7. The number of hydrogen-bond acceptors (Lipinski definition) is 23. The molecule has 2 fully saturated rings. The van der Waals surface area contributed by atoms with Crippen molar-refractivity contribution >= 4 is 88.7 Å². The number of benzene rings is 6. The van der Waals surface area contributed by atoms with E-state index < -0.39 is 123 Å². The van der Waals surface area contributed by atoms with E-state index in [1.54, 1.807) is 109 Å². The topological polar surface area (TPSA) is 459 Å². The average molecular weight is 1860 g/mol. The molecule has 37 heteroatoms. The third-order valence-electron chi connectivity index (χ3n) is 23.4. The molecule has 2 heterocycles. The van der Waals surface area contributed by atoms with Gasteiger partial charge in [-0.15, -0.1) is 0 Å². The smallest absolute Gasteiger partial charge is 0.315 e. The Balaban J connectivity index is 1.02. The summed E-state index contributed by atoms with van der Waals surface area (Å²) < 4.78 is 32.5. The Labute approximate surface area is 783 Å². The standard InChI is InChI=1S/C96H133N17O19S/c1-68(114)105(55-45-97)59-86(117)107(50-40-70-17-29-76(128-3)30-18-70)61-88(119)110(53-43-73-23-35-79(131-6)36-24-73)63-92(123)113(57-47-99)66-91(122)109(52-42-72-21-33-78(130-5)34-22-72)62-89(120)111(54-44-74-25-37-80(132-7)38-26-74)64-93(124)112(56-46-98)65-90(121)108(51-41-71-19-31-77(129-4)32-20-71)60-87(118)106(49-39-69-15-27-75(127-2)28-16-69)58-85(116)102-81(95(100)125)12-10-11-48-101-84(115)14-9-8-13-83-94-82(67-133-83)103-96(126)104-94/h15-38,81-83,94H,8-14,39-67,97-99H2,1-7H3,(H2,100,125)(H,101,115)(H,102,116)(H2,103,104,126)/t81-,82+,83?,94+/m0/s1. The van der Waals surface area contributed by atoms with Crippen molar-refractivity contribution < 1.29 is 90.8 Å². The van der Waals surface area contributed by atoms with E-state index in [2.05, 4.69) is 21.3 Å². The molecule has 8 rings (SSSR count). The van der Waals surface area contributed by atoms with E-state index >= 15 is 33.6 Å². The van der Waals surface area contributed by atoms with Gasteiger partial charge in [0.25, 0.3) is 0 Å². The highest BCUT2D eigenvalue weighted by atomic mass is 32.2. The predicted molar refractivity (Wildman–Crippen MR) is 504 cm³/mol. The number of ether oxygens (including phenoxy) is 6. The Morgan fingerprint density at radius 1 is 0.368 bits per heavy atom. The van der Waals surface area contributed by atoms with Crippen molar-refractivity contribution in [1.29, 1.82) is 0 Å². The summed E-state index contributed by atoms with van der Waals surface area (Å²) in [5, 5.41) is 11.9. The Kier molecular flexibility index (Phi) is 44.6. The second-order valence-corrected chi connectivity index (χ2v) is 33.9. The van der Waals surface area contributed by atoms with Crippen molar-refractivity contribution in [3.8, 4) is 34.5 Å². The summed E-state index contributed by atoms with van der Waals surface area (Å²) in [4.78, 5) is 198. The summed E-state index contributed by atoms with van der Waals surface area (Å²) in [7, 11) is 9.16. The number of urea groups is 1. The maximum atomic E-state index is 15.6. The molecule has 0 aromatic heterocycles. The van der Waals surface area contributed by atoms with E-state index in [9.17, 15) is 28.8 Å². The Morgan fingerprint density at radius 2 is 0.647 bits per heavy atom. The van der Waals surface area contributed by atoms with E-state index in [0.29, 0.717) is 73.1 Å². The van der Waals surface area contributed by atoms with Crippen molar-refractivity contribution in [2.75, 3.05) is 192 Å². The highest BCUT2D eigenvalue weighted by Gasteiger charge is 2.43. The molecule has 1 unspecified atom stereocenters. The first-order valence-electron chi connectivity index (χ1n) is 45.1. The molecule has 6 aromatic rings. The zero-order chi connectivity index (χ0) is 96.1. The summed E-state index contributed by atoms with van der Waals surface area (Å²) in [6.45, 7) is -4.55. The van der Waals surface area contributed by atoms with Crippen LogP contribution in [0.4, 0.5) is 4.79 Å². The van der Waals surface area contributed by atoms with Crippen LogP contribution in [0.5, 0.6) is 34.5 Å². The van der Waals surface area contributed by atoms with Crippen LogP contribution in [-0.4, -0.2) is 337 Å². The molecule has 6 aromatic carbocycles. The van der Waals surface area contributed by atoms with Gasteiger partial charge in [-0.3, -0.25) is 57.5 Å². The predicted octanol–water partition coefficient (Wildman–Crippen LogP) is 2.83. The molecule has 0 bridgehead atoms. The number of amides is 14. The van der Waals surface area contributed by atoms with E-state index in [0.717, 1.165) is 52.0 Å². The summed E-state index contributed by atoms with van der Waals surface area (Å²) in [5.41, 5.74) is 28.9. The minimum absolute atomic E-state index is 0.0308. The molecule has 14 amide bonds. The third-order valence-corrected chi connectivity index (χ3v) is 24.9. The first kappa shape index (κ1) is 106. The van der Waals surface area contributed by atoms with Crippen LogP contribution >= 0.6 is 11.8 Å². The first-order valence-corrected chi connectivity index (χ1v) is 46.1. The molecule has 0 saturated carbocycles. The molecule has 0 radical (unpaired) electrons. The number of rotatable bonds is 60. The van der Waals surface area contributed by atoms with Gasteiger partial charge in [0.15, 0.2) is 0 Å². The van der Waals surface area contributed by atoms with Gasteiger partial charge in [-0.05, 0) is 177 Å². The van der Waals surface area contributed by atoms with Gasteiger partial charge >= 0.3 is 6.03 Å². The molecular weight excluding hydrogens is 1730 g/mol. The van der Waals surface area contributed by atoms with Crippen molar-refractivity contribution in [3.05, 3.63) is 179 Å². The monoisotopic (exact) mass is 1860 g/mol. The fourth-order valence-corrected chi connectivity index (χ4v) is 16.9. The van der Waals surface area contributed by atoms with Gasteiger partial charge < -0.3 is 117 Å². The molecule has 0 aliphatic carbocycles. The lowest BCUT2D eigenvalue weighted by Gasteiger charge is -2.33. The normalized spacial score (nSPS) is 13.7. The average Bonchev–Trinajstić information content (AvgIpc) is 1.66. The van der Waals surface area contributed by atoms with Gasteiger partial charge in [0, 0.05) is 109 Å². The highest BCUT2D eigenvalue weighted by molar-refractivity contribution is 8.00. The molecule has 2 aliphatic rings. The minimum Gasteiger partial charge on any atom is -0.497 e. The second kappa shape index (κ2) is 56.2. The largest absolute Gasteiger partial charge is 0.497 e. The number of nitrogens with zero attached hydrogens (tertiary/aromatic N) is 9. The molecule has 2 aliphatic heterocycles. The van der Waals surface area contributed by atoms with Crippen LogP contribution < -0.4 is 72.6 Å². The first-order chi connectivity index (χ1) is 64.1. The molecule has 722 valence electrons. The number of hydrogen-bond donors (Lipinski definition) is 8. The van der Waals surface area contributed by atoms with Crippen LogP contribution in [0.1, 0.15) is 85.3 Å². The number of methoxy groups -OCH3 is 6. The Morgan fingerprint density at radius 3 is 0.925 bits per heavy atom. The van der Waals surface area contributed by atoms with E-state index in [-0.39, 0.29) is 153 Å². The van der Waals surface area contributed by atoms with E-state index in [4.69, 9.17) is 51.4 Å². The molecular formula is C96H133N17O19S. The van der Waals surface area contributed by atoms with Crippen molar-refractivity contribution in [2.24, 2.45) is 22.9 Å². The van der Waals surface area contributed by atoms with Gasteiger partial charge in [-0.1, -0.05) is 79.2 Å². The molecule has 133 heavy (non-hydrogen) atoms. The summed E-state index contributed by atoms with van der Waals surface area (Å²) in [6.07, 6.45) is 4.99. The number of unbranched alkanes of at least 4 members (excludes halogenated alkanes) is 2. The fourth-order valence-electron chi connectivity index (χ4n) is 15.4. The van der Waals surface area contributed by atoms with Crippen LogP contribution in [0, 0.1) is 0 Å². The van der Waals surface area contributed by atoms with Crippen LogP contribution in [0.15, 0.2) is 146 Å². The van der Waals surface area contributed by atoms with Crippen molar-refractivity contribution in [3.63, 3.8) is 0 Å². The maximum Gasteiger partial charge on any atom is 0.315 e. The van der Waals surface area contributed by atoms with Crippen LogP contribution in [0.3, 0.4) is 0 Å². The third kappa shape index (κ3) is 35.7. The van der Waals surface area contributed by atoms with Crippen LogP contribution in [0.2, 0.25) is 0 Å². The molecule has 12 N–H and O–H groups in total. The van der Waals surface area contributed by atoms with Gasteiger partial charge in [0.2, 0.25) is 70.9 Å². The number of nitrogens with two attached hydrogens (primary N) is 4. The van der Waals surface area contributed by atoms with E-state index in [1.165, 1.54) is 93.7 Å².